The van der Waals surface area contributed by atoms with Crippen molar-refractivity contribution in [1.29, 1.82) is 0 Å². The maximum Gasteiger partial charge on any atom is 0.370 e. The van der Waals surface area contributed by atoms with Crippen LogP contribution in [0.25, 0.3) is 0 Å². The Morgan fingerprint density at radius 3 is 2.70 bits per heavy atom. The molecule has 8 N–H and O–H groups in total. The summed E-state index contributed by atoms with van der Waals surface area (Å²) in [5.41, 5.74) is 10.8. The van der Waals surface area contributed by atoms with Gasteiger partial charge >= 0.3 is 5.97 Å². The zero-order chi connectivity index (χ0) is 20.4. The monoisotopic (exact) mass is 388 g/mol. The second-order valence-corrected chi connectivity index (χ2v) is 6.55. The second-order valence-electron chi connectivity index (χ2n) is 6.55. The smallest absolute Gasteiger partial charge is 0.370 e. The SMILES string of the molecule is CCCCOCCNC[C@@H](O)[C@@H](O)[C@@H]1OC(C(=O)O)=C[C@H](N=C(N)N)[C@H]1C. The lowest BCUT2D eigenvalue weighted by Gasteiger charge is -2.37. The molecule has 0 bridgehead atoms. The largest absolute Gasteiger partial charge is 0.480 e. The summed E-state index contributed by atoms with van der Waals surface area (Å²) in [7, 11) is 0. The number of unbranched alkanes of at least 4 members (excludes halogenated alkanes) is 1. The topological polar surface area (TPSA) is 173 Å². The summed E-state index contributed by atoms with van der Waals surface area (Å²) >= 11 is 0. The van der Waals surface area contributed by atoms with Crippen LogP contribution in [0.5, 0.6) is 0 Å². The van der Waals surface area contributed by atoms with Crippen LogP contribution in [0, 0.1) is 5.92 Å². The Labute approximate surface area is 159 Å². The van der Waals surface area contributed by atoms with Gasteiger partial charge in [-0.3, -0.25) is 0 Å². The van der Waals surface area contributed by atoms with Crippen LogP contribution in [0.3, 0.4) is 0 Å². The fourth-order valence-corrected chi connectivity index (χ4v) is 2.71. The summed E-state index contributed by atoms with van der Waals surface area (Å²) in [6.45, 7) is 5.60. The van der Waals surface area contributed by atoms with Crippen LogP contribution >= 0.6 is 0 Å². The molecular formula is C17H32N4O6. The van der Waals surface area contributed by atoms with Crippen LogP contribution in [0.2, 0.25) is 0 Å². The predicted octanol–water partition coefficient (Wildman–Crippen LogP) is -1.24. The molecule has 156 valence electrons. The molecule has 1 aliphatic heterocycles. The van der Waals surface area contributed by atoms with Gasteiger partial charge in [0.15, 0.2) is 5.96 Å². The van der Waals surface area contributed by atoms with Gasteiger partial charge in [0.1, 0.15) is 12.2 Å². The number of carboxylic acid groups (broad SMARTS) is 1. The van der Waals surface area contributed by atoms with Gasteiger partial charge in [-0.25, -0.2) is 9.79 Å². The molecule has 10 heteroatoms. The highest BCUT2D eigenvalue weighted by Crippen LogP contribution is 2.29. The Morgan fingerprint density at radius 2 is 2.11 bits per heavy atom. The number of carbonyl (C=O) groups is 1. The fraction of sp³-hybridized carbons (Fsp3) is 0.765. The lowest BCUT2D eigenvalue weighted by Crippen LogP contribution is -2.51. The van der Waals surface area contributed by atoms with Crippen molar-refractivity contribution in [3.05, 3.63) is 11.8 Å². The van der Waals surface area contributed by atoms with Crippen LogP contribution in [0.15, 0.2) is 16.8 Å². The third-order valence-corrected chi connectivity index (χ3v) is 4.30. The van der Waals surface area contributed by atoms with Crippen molar-refractivity contribution in [3.8, 4) is 0 Å². The van der Waals surface area contributed by atoms with E-state index < -0.39 is 36.2 Å². The number of nitrogens with one attached hydrogen (secondary N) is 1. The van der Waals surface area contributed by atoms with Gasteiger partial charge in [-0.2, -0.15) is 0 Å². The summed E-state index contributed by atoms with van der Waals surface area (Å²) < 4.78 is 10.8. The average molecular weight is 388 g/mol. The van der Waals surface area contributed by atoms with Crippen LogP contribution in [0.4, 0.5) is 0 Å². The summed E-state index contributed by atoms with van der Waals surface area (Å²) in [6.07, 6.45) is -0.130. The zero-order valence-electron chi connectivity index (χ0n) is 15.9. The molecule has 1 rings (SSSR count). The molecule has 1 heterocycles. The van der Waals surface area contributed by atoms with Crippen molar-refractivity contribution in [2.24, 2.45) is 22.4 Å². The first kappa shape index (κ1) is 23.2. The van der Waals surface area contributed by atoms with Gasteiger partial charge < -0.3 is 41.6 Å². The van der Waals surface area contributed by atoms with Gasteiger partial charge in [0.05, 0.1) is 18.8 Å². The Kier molecular flexibility index (Phi) is 10.1. The number of aliphatic carboxylic acids is 1. The standard InChI is InChI=1S/C17H32N4O6/c1-3-4-6-26-7-5-20-9-12(22)14(23)15-10(2)11(21-17(18)19)8-13(27-15)16(24)25/h8,10-12,14-15,20,22-23H,3-7,9H2,1-2H3,(H,24,25)(H4,18,19,21)/t10-,11+,12-,14-,15-/m1/s1. The summed E-state index contributed by atoms with van der Waals surface area (Å²) in [5, 5.41) is 32.9. The van der Waals surface area contributed by atoms with Gasteiger partial charge in [0.2, 0.25) is 5.76 Å². The molecule has 0 amide bonds. The third kappa shape index (κ3) is 7.71. The molecule has 0 spiro atoms. The zero-order valence-corrected chi connectivity index (χ0v) is 15.9. The first-order chi connectivity index (χ1) is 12.8. The minimum Gasteiger partial charge on any atom is -0.480 e. The maximum absolute atomic E-state index is 11.3. The van der Waals surface area contributed by atoms with E-state index in [1.165, 1.54) is 6.08 Å². The number of aliphatic hydroxyl groups excluding tert-OH is 2. The molecule has 10 nitrogen and oxygen atoms in total. The number of carboxylic acids is 1. The van der Waals surface area contributed by atoms with Crippen LogP contribution in [-0.4, -0.2) is 77.9 Å². The number of guanidine groups is 1. The van der Waals surface area contributed by atoms with Crippen LogP contribution in [0.1, 0.15) is 26.7 Å². The van der Waals surface area contributed by atoms with E-state index in [-0.39, 0.29) is 18.3 Å². The lowest BCUT2D eigenvalue weighted by molar-refractivity contribution is -0.145. The number of aliphatic hydroxyl groups is 2. The van der Waals surface area contributed by atoms with E-state index in [9.17, 15) is 20.1 Å². The molecular weight excluding hydrogens is 356 g/mol. The molecule has 0 fully saturated rings. The molecule has 0 saturated carbocycles. The van der Waals surface area contributed by atoms with E-state index in [0.29, 0.717) is 19.8 Å². The molecule has 0 aromatic heterocycles. The van der Waals surface area contributed by atoms with Gasteiger partial charge in [0.25, 0.3) is 0 Å². The first-order valence-electron chi connectivity index (χ1n) is 9.13. The minimum absolute atomic E-state index is 0.101. The molecule has 0 radical (unpaired) electrons. The van der Waals surface area contributed by atoms with Crippen molar-refractivity contribution >= 4 is 11.9 Å². The quantitative estimate of drug-likeness (QED) is 0.136. The van der Waals surface area contributed by atoms with Crippen molar-refractivity contribution in [1.82, 2.24) is 5.32 Å². The third-order valence-electron chi connectivity index (χ3n) is 4.30. The van der Waals surface area contributed by atoms with Crippen LogP contribution in [-0.2, 0) is 14.3 Å². The van der Waals surface area contributed by atoms with E-state index in [0.717, 1.165) is 12.8 Å². The molecule has 0 aromatic carbocycles. The van der Waals surface area contributed by atoms with Gasteiger partial charge in [-0.1, -0.05) is 20.3 Å². The summed E-state index contributed by atoms with van der Waals surface area (Å²) in [4.78, 5) is 15.3. The van der Waals surface area contributed by atoms with Crippen molar-refractivity contribution in [3.63, 3.8) is 0 Å². The Morgan fingerprint density at radius 1 is 1.41 bits per heavy atom. The molecule has 0 aromatic rings. The molecule has 0 aliphatic carbocycles. The normalized spacial score (nSPS) is 24.4. The highest BCUT2D eigenvalue weighted by Gasteiger charge is 2.40. The molecule has 27 heavy (non-hydrogen) atoms. The highest BCUT2D eigenvalue weighted by molar-refractivity contribution is 5.85. The Hall–Kier alpha value is -1.88. The van der Waals surface area contributed by atoms with Crippen molar-refractivity contribution in [2.75, 3.05) is 26.3 Å². The van der Waals surface area contributed by atoms with Gasteiger partial charge in [-0.05, 0) is 12.5 Å². The summed E-state index contributed by atoms with van der Waals surface area (Å²) in [5.74, 6) is -2.31. The number of hydrogen-bond donors (Lipinski definition) is 6. The number of nitrogens with two attached hydrogens (primary N) is 2. The van der Waals surface area contributed by atoms with E-state index in [4.69, 9.17) is 20.9 Å². The molecule has 5 atom stereocenters. The number of aliphatic imine (C=N–C) groups is 1. The first-order valence-corrected chi connectivity index (χ1v) is 9.13. The van der Waals surface area contributed by atoms with Crippen molar-refractivity contribution in [2.45, 2.75) is 51.0 Å². The highest BCUT2D eigenvalue weighted by atomic mass is 16.5. The Bertz CT molecular complexity index is 524. The van der Waals surface area contributed by atoms with Crippen molar-refractivity contribution < 1.29 is 29.6 Å². The van der Waals surface area contributed by atoms with Crippen LogP contribution < -0.4 is 16.8 Å². The van der Waals surface area contributed by atoms with Gasteiger partial charge in [0, 0.05) is 25.6 Å². The van der Waals surface area contributed by atoms with E-state index in [2.05, 4.69) is 17.2 Å². The molecule has 0 saturated heterocycles. The number of hydrogen-bond acceptors (Lipinski definition) is 7. The summed E-state index contributed by atoms with van der Waals surface area (Å²) in [6, 6.07) is -0.679. The molecule has 1 aliphatic rings. The second kappa shape index (κ2) is 11.8. The minimum atomic E-state index is -1.33. The van der Waals surface area contributed by atoms with E-state index in [1.807, 2.05) is 0 Å². The van der Waals surface area contributed by atoms with E-state index >= 15 is 0 Å². The Balaban J connectivity index is 2.61. The number of ether oxygens (including phenoxy) is 2. The predicted molar refractivity (Wildman–Crippen MR) is 100.0 cm³/mol. The molecule has 0 unspecified atom stereocenters. The number of nitrogens with zero attached hydrogens (tertiary/aromatic N) is 1. The lowest BCUT2D eigenvalue weighted by atomic mass is 9.87. The maximum atomic E-state index is 11.3. The van der Waals surface area contributed by atoms with Gasteiger partial charge in [-0.15, -0.1) is 0 Å². The van der Waals surface area contributed by atoms with E-state index in [1.54, 1.807) is 6.92 Å². The number of rotatable bonds is 12. The fourth-order valence-electron chi connectivity index (χ4n) is 2.71. The average Bonchev–Trinajstić information content (AvgIpc) is 2.61.